The highest BCUT2D eigenvalue weighted by atomic mass is 16.4. The van der Waals surface area contributed by atoms with Crippen LogP contribution < -0.4 is 0 Å². The summed E-state index contributed by atoms with van der Waals surface area (Å²) in [4.78, 5) is 18.5. The molecule has 0 aliphatic heterocycles. The maximum Gasteiger partial charge on any atom is 0.327 e. The second kappa shape index (κ2) is 40.5. The molecule has 0 bridgehead atoms. The molecule has 0 atom stereocenters. The van der Waals surface area contributed by atoms with Gasteiger partial charge in [0.1, 0.15) is 12.2 Å². The molecule has 0 aromatic heterocycles. The Morgan fingerprint density at radius 2 is 0.727 bits per heavy atom. The van der Waals surface area contributed by atoms with Crippen LogP contribution in [0.15, 0.2) is 25.3 Å². The van der Waals surface area contributed by atoms with Crippen LogP contribution in [0.4, 0.5) is 0 Å². The van der Waals surface area contributed by atoms with Gasteiger partial charge in [0.15, 0.2) is 0 Å². The summed E-state index contributed by atoms with van der Waals surface area (Å²) in [7, 11) is 0. The van der Waals surface area contributed by atoms with Crippen molar-refractivity contribution in [3.63, 3.8) is 0 Å². The lowest BCUT2D eigenvalue weighted by atomic mass is 10.1. The molecule has 0 fully saturated rings. The molecule has 0 amide bonds. The van der Waals surface area contributed by atoms with Crippen LogP contribution in [-0.4, -0.2) is 115 Å². The largest absolute Gasteiger partial charge is 0.478 e. The van der Waals surface area contributed by atoms with Crippen LogP contribution >= 0.6 is 0 Å². The van der Waals surface area contributed by atoms with Crippen LogP contribution in [0.25, 0.3) is 0 Å². The van der Waals surface area contributed by atoms with E-state index in [-0.39, 0.29) is 26.4 Å². The Morgan fingerprint density at radius 3 is 0.818 bits per heavy atom. The Balaban J connectivity index is -0.000000104. The maximum absolute atomic E-state index is 9.25. The first-order valence-corrected chi connectivity index (χ1v) is 10.3. The van der Waals surface area contributed by atoms with Gasteiger partial charge in [-0.2, -0.15) is 0 Å². The highest BCUT2D eigenvalue weighted by Gasteiger charge is 1.94. The number of aliphatic carboxylic acids is 2. The van der Waals surface area contributed by atoms with E-state index < -0.39 is 24.1 Å². The molecule has 0 radical (unpaired) electrons. The number of hydrogen-bond donors (Lipinski definition) is 10. The van der Waals surface area contributed by atoms with Gasteiger partial charge in [-0.3, -0.25) is 0 Å². The fourth-order valence-electron chi connectivity index (χ4n) is 1.22. The second-order valence-electron chi connectivity index (χ2n) is 6.04. The Morgan fingerprint density at radius 1 is 0.545 bits per heavy atom. The smallest absolute Gasteiger partial charge is 0.327 e. The molecular weight excluding hydrogens is 444 g/mol. The quantitative estimate of drug-likeness (QED) is 0.103. The number of carbonyl (C=O) groups is 2. The minimum atomic E-state index is -0.981. The van der Waals surface area contributed by atoms with E-state index in [1.54, 1.807) is 0 Å². The summed E-state index contributed by atoms with van der Waals surface area (Å²) in [5.41, 5.74) is 0. The molecular formula is C21H44O12. The van der Waals surface area contributed by atoms with Gasteiger partial charge in [-0.05, 0) is 12.8 Å². The third-order valence-electron chi connectivity index (χ3n) is 3.01. The predicted molar refractivity (Wildman–Crippen MR) is 123 cm³/mol. The van der Waals surface area contributed by atoms with Crippen molar-refractivity contribution in [2.24, 2.45) is 0 Å². The minimum Gasteiger partial charge on any atom is -0.478 e. The molecule has 0 rings (SSSR count). The summed E-state index contributed by atoms with van der Waals surface area (Å²) in [5, 5.41) is 80.2. The highest BCUT2D eigenvalue weighted by Crippen LogP contribution is 2.06. The van der Waals surface area contributed by atoms with Gasteiger partial charge in [0, 0.05) is 25.4 Å². The zero-order valence-corrected chi connectivity index (χ0v) is 19.2. The average molecular weight is 489 g/mol. The van der Waals surface area contributed by atoms with E-state index in [1.807, 2.05) is 0 Å². The Kier molecular flexibility index (Phi) is 50.7. The van der Waals surface area contributed by atoms with Crippen molar-refractivity contribution in [2.75, 3.05) is 39.6 Å². The third-order valence-corrected chi connectivity index (χ3v) is 3.01. The first kappa shape index (κ1) is 41.4. The van der Waals surface area contributed by atoms with E-state index in [4.69, 9.17) is 51.1 Å². The van der Waals surface area contributed by atoms with Gasteiger partial charge in [0.05, 0.1) is 26.4 Å². The van der Waals surface area contributed by atoms with Crippen LogP contribution in [0, 0.1) is 0 Å². The van der Waals surface area contributed by atoms with Gasteiger partial charge in [-0.15, -0.1) is 0 Å². The van der Waals surface area contributed by atoms with Gasteiger partial charge >= 0.3 is 11.9 Å². The van der Waals surface area contributed by atoms with Gasteiger partial charge in [-0.1, -0.05) is 45.3 Å². The molecule has 0 aliphatic rings. The van der Waals surface area contributed by atoms with Crippen molar-refractivity contribution in [1.29, 1.82) is 0 Å². The number of aliphatic hydroxyl groups excluding tert-OH is 8. The number of aliphatic hydroxyl groups is 8. The molecule has 200 valence electrons. The molecule has 10 N–H and O–H groups in total. The molecule has 0 heterocycles. The lowest BCUT2D eigenvalue weighted by Crippen LogP contribution is -2.15. The van der Waals surface area contributed by atoms with Gasteiger partial charge in [-0.25, -0.2) is 9.59 Å². The first-order chi connectivity index (χ1) is 15.6. The standard InChI is InChI=1S/C9H20O2.2C3H8O3.2C3H4O2/c10-8-6-4-2-1-3-5-7-9-11;2*4-1-3(6)2-5;2*1-2-3(4)5/h10-11H,1-9H2;2*3-6H,1-2H2;2*2H,1H2,(H,4,5). The van der Waals surface area contributed by atoms with E-state index in [1.165, 1.54) is 19.3 Å². The Hall–Kier alpha value is -1.90. The van der Waals surface area contributed by atoms with E-state index in [0.29, 0.717) is 13.2 Å². The van der Waals surface area contributed by atoms with Crippen LogP contribution in [-0.2, 0) is 9.59 Å². The van der Waals surface area contributed by atoms with E-state index in [0.717, 1.165) is 37.8 Å². The monoisotopic (exact) mass is 488 g/mol. The third kappa shape index (κ3) is 72.5. The van der Waals surface area contributed by atoms with Crippen molar-refractivity contribution in [2.45, 2.75) is 57.2 Å². The summed E-state index contributed by atoms with van der Waals surface area (Å²) in [6.07, 6.45) is 7.65. The first-order valence-electron chi connectivity index (χ1n) is 10.3. The van der Waals surface area contributed by atoms with Gasteiger partial charge < -0.3 is 51.1 Å². The lowest BCUT2D eigenvalue weighted by Gasteiger charge is -1.98. The van der Waals surface area contributed by atoms with Crippen molar-refractivity contribution in [1.82, 2.24) is 0 Å². The van der Waals surface area contributed by atoms with E-state index in [2.05, 4.69) is 13.2 Å². The summed E-state index contributed by atoms with van der Waals surface area (Å²) in [5.74, 6) is -1.96. The predicted octanol–water partition coefficient (Wildman–Crippen LogP) is -1.12. The summed E-state index contributed by atoms with van der Waals surface area (Å²) in [6.45, 7) is 5.12. The van der Waals surface area contributed by atoms with Crippen LogP contribution in [0.5, 0.6) is 0 Å². The van der Waals surface area contributed by atoms with Gasteiger partial charge in [0.2, 0.25) is 0 Å². The van der Waals surface area contributed by atoms with E-state index in [9.17, 15) is 9.59 Å². The number of carboxylic acid groups (broad SMARTS) is 2. The molecule has 0 spiro atoms. The molecule has 0 aromatic rings. The summed E-state index contributed by atoms with van der Waals surface area (Å²) in [6, 6.07) is 0. The molecule has 12 nitrogen and oxygen atoms in total. The van der Waals surface area contributed by atoms with Crippen LogP contribution in [0.2, 0.25) is 0 Å². The Bertz CT molecular complexity index is 361. The fourth-order valence-corrected chi connectivity index (χ4v) is 1.22. The lowest BCUT2D eigenvalue weighted by molar-refractivity contribution is -0.132. The number of hydrogen-bond acceptors (Lipinski definition) is 10. The molecule has 0 aromatic carbocycles. The average Bonchev–Trinajstić information content (AvgIpc) is 2.83. The molecule has 33 heavy (non-hydrogen) atoms. The zero-order chi connectivity index (χ0) is 26.9. The molecule has 0 saturated heterocycles. The Labute approximate surface area is 195 Å². The maximum atomic E-state index is 9.25. The molecule has 0 saturated carbocycles. The summed E-state index contributed by atoms with van der Waals surface area (Å²) >= 11 is 0. The zero-order valence-electron chi connectivity index (χ0n) is 19.2. The van der Waals surface area contributed by atoms with E-state index >= 15 is 0 Å². The fraction of sp³-hybridized carbons (Fsp3) is 0.714. The van der Waals surface area contributed by atoms with Crippen molar-refractivity contribution < 1.29 is 60.7 Å². The number of unbranched alkanes of at least 4 members (excludes halogenated alkanes) is 6. The molecule has 12 heteroatoms. The van der Waals surface area contributed by atoms with Crippen molar-refractivity contribution >= 4 is 11.9 Å². The SMILES string of the molecule is C=CC(=O)O.C=CC(=O)O.OCC(O)CO.OCC(O)CO.OCCCCCCCCCO. The molecule has 0 unspecified atom stereocenters. The highest BCUT2D eigenvalue weighted by molar-refractivity contribution is 5.79. The second-order valence-corrected chi connectivity index (χ2v) is 6.04. The normalized spacial score (nSPS) is 9.03. The molecule has 0 aliphatic carbocycles. The number of rotatable bonds is 14. The van der Waals surface area contributed by atoms with Crippen LogP contribution in [0.1, 0.15) is 44.9 Å². The van der Waals surface area contributed by atoms with Gasteiger partial charge in [0.25, 0.3) is 0 Å². The number of carboxylic acids is 2. The van der Waals surface area contributed by atoms with Crippen molar-refractivity contribution in [3.8, 4) is 0 Å². The topological polar surface area (TPSA) is 236 Å². The van der Waals surface area contributed by atoms with Crippen LogP contribution in [0.3, 0.4) is 0 Å². The minimum absolute atomic E-state index is 0.330. The van der Waals surface area contributed by atoms with Crippen molar-refractivity contribution in [3.05, 3.63) is 25.3 Å². The summed E-state index contributed by atoms with van der Waals surface area (Å²) < 4.78 is 0.